The normalized spacial score (nSPS) is 10.3. The van der Waals surface area contributed by atoms with Gasteiger partial charge < -0.3 is 15.4 Å². The number of pyridine rings is 1. The van der Waals surface area contributed by atoms with Crippen LogP contribution in [0.4, 0.5) is 5.69 Å². The summed E-state index contributed by atoms with van der Waals surface area (Å²) in [5.41, 5.74) is 6.85. The molecule has 0 unspecified atom stereocenters. The summed E-state index contributed by atoms with van der Waals surface area (Å²) in [7, 11) is 1.74. The zero-order chi connectivity index (χ0) is 15.9. The molecule has 6 heteroatoms. The molecular formula is C16H18ClN3O2. The number of likely N-dealkylation sites (N-methyl/N-ethyl adjacent to an activating group) is 1. The highest BCUT2D eigenvalue weighted by molar-refractivity contribution is 6.30. The first kappa shape index (κ1) is 16.1. The molecule has 2 aromatic rings. The Labute approximate surface area is 134 Å². The molecular weight excluding hydrogens is 302 g/mol. The van der Waals surface area contributed by atoms with Crippen molar-refractivity contribution in [3.63, 3.8) is 0 Å². The number of nitrogens with two attached hydrogens (primary N) is 1. The number of hydrogen-bond acceptors (Lipinski definition) is 4. The Morgan fingerprint density at radius 3 is 2.64 bits per heavy atom. The van der Waals surface area contributed by atoms with Crippen molar-refractivity contribution in [2.75, 3.05) is 25.9 Å². The van der Waals surface area contributed by atoms with Gasteiger partial charge in [-0.2, -0.15) is 0 Å². The Bertz CT molecular complexity index is 614. The third-order valence-corrected chi connectivity index (χ3v) is 3.37. The van der Waals surface area contributed by atoms with Gasteiger partial charge in [-0.1, -0.05) is 11.6 Å². The Morgan fingerprint density at radius 1 is 1.27 bits per heavy atom. The minimum Gasteiger partial charge on any atom is -0.492 e. The number of benzene rings is 1. The maximum Gasteiger partial charge on any atom is 0.228 e. The van der Waals surface area contributed by atoms with E-state index in [1.165, 1.54) is 0 Å². The van der Waals surface area contributed by atoms with Crippen LogP contribution >= 0.6 is 11.6 Å². The van der Waals surface area contributed by atoms with Gasteiger partial charge in [-0.15, -0.1) is 0 Å². The topological polar surface area (TPSA) is 68.5 Å². The summed E-state index contributed by atoms with van der Waals surface area (Å²) >= 11 is 5.80. The van der Waals surface area contributed by atoms with Crippen LogP contribution in [0, 0.1) is 0 Å². The van der Waals surface area contributed by atoms with Crippen LogP contribution in [-0.4, -0.2) is 36.0 Å². The second-order valence-corrected chi connectivity index (χ2v) is 5.31. The van der Waals surface area contributed by atoms with Gasteiger partial charge in [0.05, 0.1) is 24.8 Å². The predicted molar refractivity (Wildman–Crippen MR) is 86.9 cm³/mol. The fourth-order valence-electron chi connectivity index (χ4n) is 1.79. The molecule has 0 aliphatic carbocycles. The molecule has 22 heavy (non-hydrogen) atoms. The van der Waals surface area contributed by atoms with Crippen LogP contribution in [0.2, 0.25) is 5.02 Å². The van der Waals surface area contributed by atoms with Crippen LogP contribution in [0.1, 0.15) is 5.69 Å². The zero-order valence-electron chi connectivity index (χ0n) is 12.3. The highest BCUT2D eigenvalue weighted by Crippen LogP contribution is 2.15. The lowest BCUT2D eigenvalue weighted by atomic mass is 10.2. The second kappa shape index (κ2) is 7.66. The van der Waals surface area contributed by atoms with Crippen LogP contribution in [0.3, 0.4) is 0 Å². The van der Waals surface area contributed by atoms with Gasteiger partial charge in [-0.3, -0.25) is 9.78 Å². The van der Waals surface area contributed by atoms with E-state index < -0.39 is 0 Å². The van der Waals surface area contributed by atoms with E-state index in [0.29, 0.717) is 29.6 Å². The van der Waals surface area contributed by atoms with E-state index in [4.69, 9.17) is 22.1 Å². The lowest BCUT2D eigenvalue weighted by molar-refractivity contribution is -0.129. The van der Waals surface area contributed by atoms with E-state index in [2.05, 4.69) is 4.98 Å². The molecule has 0 saturated heterocycles. The van der Waals surface area contributed by atoms with Crippen LogP contribution in [0.25, 0.3) is 0 Å². The number of carbonyl (C=O) groups excluding carboxylic acids is 1. The standard InChI is InChI=1S/C16H18ClN3O2/c1-20(8-9-22-15-6-2-12(17)3-7-15)16(21)10-14-5-4-13(18)11-19-14/h2-7,11H,8-10,18H2,1H3. The Balaban J connectivity index is 1.76. The van der Waals surface area contributed by atoms with Gasteiger partial charge in [0.15, 0.2) is 0 Å². The van der Waals surface area contributed by atoms with Gasteiger partial charge in [0.25, 0.3) is 0 Å². The van der Waals surface area contributed by atoms with Gasteiger partial charge in [-0.25, -0.2) is 0 Å². The number of halogens is 1. The molecule has 0 aliphatic heterocycles. The molecule has 1 heterocycles. The van der Waals surface area contributed by atoms with Crippen molar-refractivity contribution in [2.24, 2.45) is 0 Å². The molecule has 1 aromatic heterocycles. The number of nitrogen functional groups attached to an aromatic ring is 1. The molecule has 2 rings (SSSR count). The number of hydrogen-bond donors (Lipinski definition) is 1. The molecule has 0 bridgehead atoms. The van der Waals surface area contributed by atoms with Crippen LogP contribution < -0.4 is 10.5 Å². The highest BCUT2D eigenvalue weighted by Gasteiger charge is 2.10. The second-order valence-electron chi connectivity index (χ2n) is 4.88. The third kappa shape index (κ3) is 4.93. The summed E-state index contributed by atoms with van der Waals surface area (Å²) in [6.07, 6.45) is 1.80. The SMILES string of the molecule is CN(CCOc1ccc(Cl)cc1)C(=O)Cc1ccc(N)cn1. The molecule has 0 atom stereocenters. The van der Waals surface area contributed by atoms with Crippen molar-refractivity contribution in [3.8, 4) is 5.75 Å². The van der Waals surface area contributed by atoms with Crippen LogP contribution in [0.15, 0.2) is 42.6 Å². The maximum atomic E-state index is 12.1. The molecule has 0 spiro atoms. The quantitative estimate of drug-likeness (QED) is 0.887. The Kier molecular flexibility index (Phi) is 5.61. The number of rotatable bonds is 6. The fraction of sp³-hybridized carbons (Fsp3) is 0.250. The first-order valence-electron chi connectivity index (χ1n) is 6.87. The number of carbonyl (C=O) groups is 1. The van der Waals surface area contributed by atoms with E-state index in [1.54, 1.807) is 54.5 Å². The number of amides is 1. The van der Waals surface area contributed by atoms with Gasteiger partial charge in [0.2, 0.25) is 5.91 Å². The average molecular weight is 320 g/mol. The average Bonchev–Trinajstić information content (AvgIpc) is 2.51. The lowest BCUT2D eigenvalue weighted by Crippen LogP contribution is -2.32. The van der Waals surface area contributed by atoms with E-state index in [-0.39, 0.29) is 12.3 Å². The van der Waals surface area contributed by atoms with E-state index >= 15 is 0 Å². The summed E-state index contributed by atoms with van der Waals surface area (Å²) < 4.78 is 5.56. The molecule has 1 aromatic carbocycles. The van der Waals surface area contributed by atoms with E-state index in [1.807, 2.05) is 0 Å². The molecule has 0 radical (unpaired) electrons. The molecule has 0 saturated carbocycles. The lowest BCUT2D eigenvalue weighted by Gasteiger charge is -2.17. The summed E-state index contributed by atoms with van der Waals surface area (Å²) in [6, 6.07) is 10.6. The summed E-state index contributed by atoms with van der Waals surface area (Å²) in [5, 5.41) is 0.663. The van der Waals surface area contributed by atoms with Crippen LogP contribution in [0.5, 0.6) is 5.75 Å². The van der Waals surface area contributed by atoms with Gasteiger partial charge in [0.1, 0.15) is 12.4 Å². The first-order chi connectivity index (χ1) is 10.5. The third-order valence-electron chi connectivity index (χ3n) is 3.11. The molecule has 0 fully saturated rings. The van der Waals surface area contributed by atoms with Crippen LogP contribution in [-0.2, 0) is 11.2 Å². The summed E-state index contributed by atoms with van der Waals surface area (Å²) in [6.45, 7) is 0.912. The van der Waals surface area contributed by atoms with Crippen molar-refractivity contribution in [3.05, 3.63) is 53.3 Å². The Hall–Kier alpha value is -2.27. The van der Waals surface area contributed by atoms with E-state index in [9.17, 15) is 4.79 Å². The van der Waals surface area contributed by atoms with Gasteiger partial charge in [-0.05, 0) is 36.4 Å². The van der Waals surface area contributed by atoms with Crippen molar-refractivity contribution >= 4 is 23.2 Å². The van der Waals surface area contributed by atoms with Gasteiger partial charge in [0, 0.05) is 17.8 Å². The molecule has 2 N–H and O–H groups in total. The van der Waals surface area contributed by atoms with E-state index in [0.717, 1.165) is 5.75 Å². The summed E-state index contributed by atoms with van der Waals surface area (Å²) in [4.78, 5) is 17.8. The fourth-order valence-corrected chi connectivity index (χ4v) is 1.91. The predicted octanol–water partition coefficient (Wildman–Crippen LogP) is 2.40. The zero-order valence-corrected chi connectivity index (χ0v) is 13.1. The summed E-state index contributed by atoms with van der Waals surface area (Å²) in [5.74, 6) is 0.711. The monoisotopic (exact) mass is 319 g/mol. The molecule has 5 nitrogen and oxygen atoms in total. The largest absolute Gasteiger partial charge is 0.492 e. The number of anilines is 1. The molecule has 0 aliphatic rings. The minimum absolute atomic E-state index is 0.0167. The molecule has 116 valence electrons. The smallest absolute Gasteiger partial charge is 0.228 e. The maximum absolute atomic E-state index is 12.1. The van der Waals surface area contributed by atoms with Crippen molar-refractivity contribution < 1.29 is 9.53 Å². The molecule has 1 amide bonds. The number of ether oxygens (including phenoxy) is 1. The Morgan fingerprint density at radius 2 is 2.00 bits per heavy atom. The van der Waals surface area contributed by atoms with Gasteiger partial charge >= 0.3 is 0 Å². The first-order valence-corrected chi connectivity index (χ1v) is 7.25. The highest BCUT2D eigenvalue weighted by atomic mass is 35.5. The van der Waals surface area contributed by atoms with Crippen molar-refractivity contribution in [1.82, 2.24) is 9.88 Å². The minimum atomic E-state index is -0.0167. The number of aromatic nitrogens is 1. The van der Waals surface area contributed by atoms with Crippen molar-refractivity contribution in [2.45, 2.75) is 6.42 Å². The van der Waals surface area contributed by atoms with Crippen molar-refractivity contribution in [1.29, 1.82) is 0 Å². The number of nitrogens with zero attached hydrogens (tertiary/aromatic N) is 2.